The zero-order valence-corrected chi connectivity index (χ0v) is 14.8. The number of alkyl halides is 1. The van der Waals surface area contributed by atoms with Gasteiger partial charge in [-0.05, 0) is 29.9 Å². The van der Waals surface area contributed by atoms with Crippen LogP contribution in [0.4, 0.5) is 0 Å². The molecule has 1 aromatic rings. The van der Waals surface area contributed by atoms with E-state index in [1.807, 2.05) is 9.80 Å². The second-order valence-corrected chi connectivity index (χ2v) is 7.61. The van der Waals surface area contributed by atoms with E-state index in [1.165, 1.54) is 24.0 Å². The predicted molar refractivity (Wildman–Crippen MR) is 95.0 cm³/mol. The third kappa shape index (κ3) is 3.66. The highest BCUT2D eigenvalue weighted by Gasteiger charge is 2.37. The molecule has 1 aromatic carbocycles. The van der Waals surface area contributed by atoms with E-state index in [0.29, 0.717) is 26.2 Å². The summed E-state index contributed by atoms with van der Waals surface area (Å²) in [4.78, 5) is 28.1. The second-order valence-electron chi connectivity index (χ2n) is 7.14. The molecule has 25 heavy (non-hydrogen) atoms. The number of nitrogens with one attached hydrogen (secondary N) is 2. The zero-order chi connectivity index (χ0) is 17.4. The van der Waals surface area contributed by atoms with Crippen molar-refractivity contribution >= 4 is 23.4 Å². The normalized spacial score (nSPS) is 28.1. The van der Waals surface area contributed by atoms with Gasteiger partial charge in [0.25, 0.3) is 5.91 Å². The maximum Gasteiger partial charge on any atom is 0.253 e. The topological polar surface area (TPSA) is 64.7 Å². The van der Waals surface area contributed by atoms with Crippen LogP contribution in [0.2, 0.25) is 0 Å². The number of piperazine rings is 1. The van der Waals surface area contributed by atoms with Crippen LogP contribution in [-0.4, -0.2) is 59.2 Å². The van der Waals surface area contributed by atoms with Crippen LogP contribution >= 0.6 is 11.6 Å². The summed E-state index contributed by atoms with van der Waals surface area (Å²) in [5, 5.41) is -0.629. The Morgan fingerprint density at radius 3 is 2.56 bits per heavy atom. The maximum absolute atomic E-state index is 12.5. The molecular formula is C18H23ClN4O2. The first-order chi connectivity index (χ1) is 12.1. The number of hydrogen-bond donors (Lipinski definition) is 2. The van der Waals surface area contributed by atoms with Crippen LogP contribution < -0.4 is 10.9 Å². The van der Waals surface area contributed by atoms with Crippen molar-refractivity contribution in [3.8, 4) is 0 Å². The van der Waals surface area contributed by atoms with E-state index < -0.39 is 5.38 Å². The molecule has 134 valence electrons. The molecule has 7 heteroatoms. The van der Waals surface area contributed by atoms with Crippen molar-refractivity contribution in [3.63, 3.8) is 0 Å². The third-order valence-corrected chi connectivity index (χ3v) is 5.82. The lowest BCUT2D eigenvalue weighted by Crippen LogP contribution is -2.65. The molecule has 2 heterocycles. The molecule has 1 aliphatic carbocycles. The number of hydrazine groups is 1. The third-order valence-electron chi connectivity index (χ3n) is 5.33. The minimum Gasteiger partial charge on any atom is -0.336 e. The molecule has 3 fully saturated rings. The van der Waals surface area contributed by atoms with E-state index in [1.54, 1.807) is 0 Å². The summed E-state index contributed by atoms with van der Waals surface area (Å²) in [6.45, 7) is 2.89. The van der Waals surface area contributed by atoms with E-state index in [2.05, 4.69) is 35.1 Å². The summed E-state index contributed by atoms with van der Waals surface area (Å²) < 4.78 is 0. The Balaban J connectivity index is 1.34. The van der Waals surface area contributed by atoms with Crippen molar-refractivity contribution in [2.45, 2.75) is 36.7 Å². The lowest BCUT2D eigenvalue weighted by Gasteiger charge is -2.41. The van der Waals surface area contributed by atoms with Gasteiger partial charge in [-0.1, -0.05) is 24.3 Å². The summed E-state index contributed by atoms with van der Waals surface area (Å²) in [6.07, 6.45) is 2.60. The number of amides is 2. The highest BCUT2D eigenvalue weighted by atomic mass is 35.5. The highest BCUT2D eigenvalue weighted by molar-refractivity contribution is 6.31. The molecule has 0 spiro atoms. The highest BCUT2D eigenvalue weighted by Crippen LogP contribution is 2.39. The van der Waals surface area contributed by atoms with Gasteiger partial charge in [0.05, 0.1) is 6.54 Å². The minimum atomic E-state index is -0.629. The van der Waals surface area contributed by atoms with Crippen LogP contribution in [0, 0.1) is 0 Å². The monoisotopic (exact) mass is 362 g/mol. The number of halogens is 1. The van der Waals surface area contributed by atoms with Crippen LogP contribution in [0.5, 0.6) is 0 Å². The summed E-state index contributed by atoms with van der Waals surface area (Å²) in [6, 6.07) is 8.50. The summed E-state index contributed by atoms with van der Waals surface area (Å²) in [5.74, 6) is 0.611. The first kappa shape index (κ1) is 16.8. The fraction of sp³-hybridized carbons (Fsp3) is 0.556. The van der Waals surface area contributed by atoms with Gasteiger partial charge >= 0.3 is 0 Å². The number of benzene rings is 1. The van der Waals surface area contributed by atoms with Crippen molar-refractivity contribution in [2.75, 3.05) is 26.2 Å². The van der Waals surface area contributed by atoms with Crippen LogP contribution in [0.1, 0.15) is 29.9 Å². The molecule has 2 aliphatic heterocycles. The minimum absolute atomic E-state index is 0.0902. The number of rotatable bonds is 4. The lowest BCUT2D eigenvalue weighted by molar-refractivity contribution is -0.139. The van der Waals surface area contributed by atoms with Gasteiger partial charge in [0, 0.05) is 32.2 Å². The maximum atomic E-state index is 12.5. The van der Waals surface area contributed by atoms with Gasteiger partial charge in [0.2, 0.25) is 5.91 Å². The SMILES string of the molecule is O=C1NNCC(N2CCN(Cc3ccc(C4CC4)cc3)C(=O)C2)C1Cl. The lowest BCUT2D eigenvalue weighted by atomic mass is 10.1. The van der Waals surface area contributed by atoms with E-state index in [4.69, 9.17) is 11.6 Å². The molecule has 2 atom stereocenters. The average molecular weight is 363 g/mol. The van der Waals surface area contributed by atoms with Gasteiger partial charge in [-0.2, -0.15) is 0 Å². The predicted octanol–water partition coefficient (Wildman–Crippen LogP) is 0.819. The summed E-state index contributed by atoms with van der Waals surface area (Å²) in [7, 11) is 0. The van der Waals surface area contributed by atoms with Crippen molar-refractivity contribution < 1.29 is 9.59 Å². The Labute approximate surface area is 152 Å². The molecular weight excluding hydrogens is 340 g/mol. The second kappa shape index (κ2) is 6.94. The van der Waals surface area contributed by atoms with E-state index in [0.717, 1.165) is 12.5 Å². The van der Waals surface area contributed by atoms with Gasteiger partial charge in [0.1, 0.15) is 5.38 Å². The number of carbonyl (C=O) groups excluding carboxylic acids is 2. The first-order valence-electron chi connectivity index (χ1n) is 8.89. The number of nitrogens with zero attached hydrogens (tertiary/aromatic N) is 2. The summed E-state index contributed by atoms with van der Waals surface area (Å²) >= 11 is 6.21. The van der Waals surface area contributed by atoms with Crippen molar-refractivity contribution in [1.29, 1.82) is 0 Å². The van der Waals surface area contributed by atoms with Crippen LogP contribution in [-0.2, 0) is 16.1 Å². The molecule has 0 radical (unpaired) electrons. The van der Waals surface area contributed by atoms with Gasteiger partial charge in [-0.15, -0.1) is 11.6 Å². The largest absolute Gasteiger partial charge is 0.336 e. The van der Waals surface area contributed by atoms with Crippen LogP contribution in [0.3, 0.4) is 0 Å². The Morgan fingerprint density at radius 2 is 1.88 bits per heavy atom. The van der Waals surface area contributed by atoms with Crippen molar-refractivity contribution in [2.24, 2.45) is 0 Å². The first-order valence-corrected chi connectivity index (χ1v) is 9.33. The van der Waals surface area contributed by atoms with Crippen LogP contribution in [0.25, 0.3) is 0 Å². The standard InChI is InChI=1S/C18H23ClN4O2/c19-17-15(9-20-21-18(17)25)22-7-8-23(16(24)11-22)10-12-1-3-13(4-2-12)14-5-6-14/h1-4,14-15,17,20H,5-11H2,(H,21,25). The molecule has 6 nitrogen and oxygen atoms in total. The molecule has 2 amide bonds. The summed E-state index contributed by atoms with van der Waals surface area (Å²) in [5.41, 5.74) is 7.95. The van der Waals surface area contributed by atoms with Gasteiger partial charge in [0.15, 0.2) is 0 Å². The van der Waals surface area contributed by atoms with Gasteiger partial charge in [-0.3, -0.25) is 19.9 Å². The van der Waals surface area contributed by atoms with E-state index in [9.17, 15) is 9.59 Å². The van der Waals surface area contributed by atoms with E-state index in [-0.39, 0.29) is 17.9 Å². The van der Waals surface area contributed by atoms with Crippen molar-refractivity contribution in [3.05, 3.63) is 35.4 Å². The van der Waals surface area contributed by atoms with Crippen LogP contribution in [0.15, 0.2) is 24.3 Å². The zero-order valence-electron chi connectivity index (χ0n) is 14.1. The Kier molecular flexibility index (Phi) is 4.67. The molecule has 4 rings (SSSR count). The molecule has 2 saturated heterocycles. The van der Waals surface area contributed by atoms with E-state index >= 15 is 0 Å². The van der Waals surface area contributed by atoms with Gasteiger partial charge < -0.3 is 4.90 Å². The average Bonchev–Trinajstić information content (AvgIpc) is 3.45. The quantitative estimate of drug-likeness (QED) is 0.778. The molecule has 0 aromatic heterocycles. The molecule has 1 saturated carbocycles. The smallest absolute Gasteiger partial charge is 0.253 e. The molecule has 0 bridgehead atoms. The number of carbonyl (C=O) groups is 2. The Hall–Kier alpha value is -1.63. The molecule has 3 aliphatic rings. The van der Waals surface area contributed by atoms with Crippen molar-refractivity contribution in [1.82, 2.24) is 20.7 Å². The Morgan fingerprint density at radius 1 is 1.12 bits per heavy atom. The molecule has 2 N–H and O–H groups in total. The number of hydrogen-bond acceptors (Lipinski definition) is 4. The fourth-order valence-corrected chi connectivity index (χ4v) is 3.92. The Bertz CT molecular complexity index is 662. The fourth-order valence-electron chi connectivity index (χ4n) is 3.61. The van der Waals surface area contributed by atoms with Gasteiger partial charge in [-0.25, -0.2) is 5.43 Å². The molecule has 2 unspecified atom stereocenters.